The van der Waals surface area contributed by atoms with Gasteiger partial charge in [-0.05, 0) is 67.3 Å². The van der Waals surface area contributed by atoms with Crippen molar-refractivity contribution >= 4 is 52.2 Å². The topological polar surface area (TPSA) is 129 Å². The third kappa shape index (κ3) is 5.73. The molecule has 3 aromatic rings. The first-order chi connectivity index (χ1) is 20.0. The third-order valence-electron chi connectivity index (χ3n) is 7.45. The Morgan fingerprint density at radius 1 is 1.12 bits per heavy atom. The number of nitrogens with zero attached hydrogens (tertiary/aromatic N) is 2. The Kier molecular flexibility index (Phi) is 8.04. The van der Waals surface area contributed by atoms with Crippen molar-refractivity contribution in [1.82, 2.24) is 9.88 Å². The average molecular weight is 595 g/mol. The Hall–Kier alpha value is -4.64. The molecule has 0 radical (unpaired) electrons. The van der Waals surface area contributed by atoms with Crippen LogP contribution in [0.4, 0.5) is 25.0 Å². The molecule has 0 spiro atoms. The molecular formula is C30H25ClF2N4O5. The molecule has 2 atom stereocenters. The number of ketones is 1. The lowest BCUT2D eigenvalue weighted by Crippen LogP contribution is -2.38. The fraction of sp³-hybridized carbons (Fsp3) is 0.233. The number of amides is 3. The summed E-state index contributed by atoms with van der Waals surface area (Å²) < 4.78 is 29.2. The molecule has 9 nitrogen and oxygen atoms in total. The first-order valence-electron chi connectivity index (χ1n) is 13.1. The zero-order valence-electron chi connectivity index (χ0n) is 22.3. The molecule has 2 aliphatic heterocycles. The molecule has 1 aromatic heterocycles. The van der Waals surface area contributed by atoms with Crippen LogP contribution in [0.15, 0.2) is 54.7 Å². The quantitative estimate of drug-likeness (QED) is 0.250. The van der Waals surface area contributed by atoms with Gasteiger partial charge >= 0.3 is 6.09 Å². The van der Waals surface area contributed by atoms with Gasteiger partial charge in [-0.3, -0.25) is 24.7 Å². The molecule has 3 heterocycles. The van der Waals surface area contributed by atoms with Crippen molar-refractivity contribution in [3.8, 4) is 11.1 Å². The van der Waals surface area contributed by atoms with Crippen molar-refractivity contribution in [2.24, 2.45) is 5.92 Å². The summed E-state index contributed by atoms with van der Waals surface area (Å²) in [6, 6.07) is 9.53. The van der Waals surface area contributed by atoms with Gasteiger partial charge in [-0.15, -0.1) is 0 Å². The number of carboxylic acid groups (broad SMARTS) is 1. The fourth-order valence-corrected chi connectivity index (χ4v) is 5.39. The number of carbonyl (C=O) groups excluding carboxylic acids is 3. The second-order valence-electron chi connectivity index (χ2n) is 10.1. The SMILES string of the molecule is C[C@@H]1C(=O)CC[C@H](N2CCC(c3c(F)ccc(Cl)c3F)=CC2=O)c2cc(ccn2)-c2ccc(NC(=O)O)cc2NC1=O. The Morgan fingerprint density at radius 2 is 1.90 bits per heavy atom. The highest BCUT2D eigenvalue weighted by atomic mass is 35.5. The van der Waals surface area contributed by atoms with Gasteiger partial charge in [0.05, 0.1) is 33.9 Å². The summed E-state index contributed by atoms with van der Waals surface area (Å²) in [5.74, 6) is -4.24. The molecule has 0 saturated carbocycles. The van der Waals surface area contributed by atoms with Gasteiger partial charge in [-0.25, -0.2) is 13.6 Å². The lowest BCUT2D eigenvalue weighted by molar-refractivity contribution is -0.133. The summed E-state index contributed by atoms with van der Waals surface area (Å²) in [6.45, 7) is 1.57. The molecular weight excluding hydrogens is 570 g/mol. The highest BCUT2D eigenvalue weighted by molar-refractivity contribution is 6.31. The highest BCUT2D eigenvalue weighted by Gasteiger charge is 2.33. The minimum Gasteiger partial charge on any atom is -0.465 e. The molecule has 3 amide bonds. The molecule has 12 heteroatoms. The lowest BCUT2D eigenvalue weighted by atomic mass is 9.92. The van der Waals surface area contributed by atoms with Gasteiger partial charge in [-0.1, -0.05) is 17.7 Å². The molecule has 5 rings (SSSR count). The largest absolute Gasteiger partial charge is 0.465 e. The summed E-state index contributed by atoms with van der Waals surface area (Å²) in [7, 11) is 0. The Labute approximate surface area is 244 Å². The summed E-state index contributed by atoms with van der Waals surface area (Å²) >= 11 is 5.86. The van der Waals surface area contributed by atoms with E-state index in [1.165, 1.54) is 36.2 Å². The van der Waals surface area contributed by atoms with Gasteiger partial charge in [0.15, 0.2) is 5.82 Å². The number of hydrogen-bond acceptors (Lipinski definition) is 5. The smallest absolute Gasteiger partial charge is 0.409 e. The van der Waals surface area contributed by atoms with E-state index in [4.69, 9.17) is 16.7 Å². The number of nitrogens with one attached hydrogen (secondary N) is 2. The summed E-state index contributed by atoms with van der Waals surface area (Å²) in [4.78, 5) is 56.7. The van der Waals surface area contributed by atoms with E-state index >= 15 is 0 Å². The van der Waals surface area contributed by atoms with Crippen LogP contribution in [0.3, 0.4) is 0 Å². The van der Waals surface area contributed by atoms with Crippen molar-refractivity contribution in [3.63, 3.8) is 0 Å². The van der Waals surface area contributed by atoms with E-state index < -0.39 is 41.5 Å². The number of carbonyl (C=O) groups is 4. The number of Topliss-reactive ketones (excluding diaryl/α,β-unsaturated/α-hetero) is 1. The maximum atomic E-state index is 14.7. The van der Waals surface area contributed by atoms with Gasteiger partial charge in [-0.2, -0.15) is 0 Å². The highest BCUT2D eigenvalue weighted by Crippen LogP contribution is 2.37. The Bertz CT molecular complexity index is 1660. The monoisotopic (exact) mass is 594 g/mol. The number of halogens is 3. The van der Waals surface area contributed by atoms with E-state index in [-0.39, 0.29) is 59.1 Å². The van der Waals surface area contributed by atoms with E-state index in [0.29, 0.717) is 16.8 Å². The standard InChI is InChI=1S/C30H25ClF2N4O5/c1-15-25(38)7-6-24(37-11-9-17(13-26(37)39)27-21(32)5-4-20(31)28(27)33)23-12-16(8-10-34-23)19-3-2-18(35-30(41)42)14-22(19)36-29(15)40/h2-5,8,10,12-15,24,35H,6-7,9,11H2,1H3,(H,36,40)(H,41,42)/t15-,24+/m1/s1. The van der Waals surface area contributed by atoms with E-state index in [1.807, 2.05) is 0 Å². The minimum absolute atomic E-state index is 0.0451. The molecule has 0 unspecified atom stereocenters. The zero-order chi connectivity index (χ0) is 30.1. The number of hydrogen-bond donors (Lipinski definition) is 3. The minimum atomic E-state index is -1.28. The van der Waals surface area contributed by atoms with Crippen molar-refractivity contribution in [3.05, 3.63) is 82.7 Å². The normalized spacial score (nSPS) is 19.2. The number of pyridine rings is 1. The summed E-state index contributed by atoms with van der Waals surface area (Å²) in [5.41, 5.74) is 1.97. The molecule has 0 fully saturated rings. The summed E-state index contributed by atoms with van der Waals surface area (Å²) in [6.07, 6.45) is 1.68. The number of rotatable bonds is 3. The molecule has 2 aliphatic rings. The maximum Gasteiger partial charge on any atom is 0.409 e. The maximum absolute atomic E-state index is 14.7. The van der Waals surface area contributed by atoms with Crippen LogP contribution in [0.2, 0.25) is 5.02 Å². The molecule has 2 aromatic carbocycles. The van der Waals surface area contributed by atoms with Gasteiger partial charge in [0.25, 0.3) is 0 Å². The first-order valence-corrected chi connectivity index (χ1v) is 13.5. The first kappa shape index (κ1) is 28.9. The Balaban J connectivity index is 1.56. The lowest BCUT2D eigenvalue weighted by Gasteiger charge is -2.34. The molecule has 0 saturated heterocycles. The van der Waals surface area contributed by atoms with Crippen molar-refractivity contribution < 1.29 is 33.1 Å². The summed E-state index contributed by atoms with van der Waals surface area (Å²) in [5, 5.41) is 13.9. The van der Waals surface area contributed by atoms with E-state index in [9.17, 15) is 28.0 Å². The van der Waals surface area contributed by atoms with Gasteiger partial charge in [0.2, 0.25) is 11.8 Å². The Morgan fingerprint density at radius 3 is 2.64 bits per heavy atom. The van der Waals surface area contributed by atoms with Crippen LogP contribution >= 0.6 is 11.6 Å². The van der Waals surface area contributed by atoms with Crippen LogP contribution < -0.4 is 10.6 Å². The van der Waals surface area contributed by atoms with Crippen LogP contribution in [0.25, 0.3) is 16.7 Å². The van der Waals surface area contributed by atoms with E-state index in [1.54, 1.807) is 18.2 Å². The van der Waals surface area contributed by atoms with Crippen LogP contribution in [0.1, 0.15) is 43.5 Å². The second kappa shape index (κ2) is 11.7. The van der Waals surface area contributed by atoms with Crippen molar-refractivity contribution in [1.29, 1.82) is 0 Å². The number of fused-ring (bicyclic) bond motifs is 4. The van der Waals surface area contributed by atoms with Crippen LogP contribution in [-0.2, 0) is 14.4 Å². The third-order valence-corrected chi connectivity index (χ3v) is 7.74. The molecule has 3 N–H and O–H groups in total. The van der Waals surface area contributed by atoms with Crippen LogP contribution in [-0.4, -0.2) is 45.2 Å². The molecule has 2 bridgehead atoms. The molecule has 216 valence electrons. The molecule has 0 aliphatic carbocycles. The predicted octanol–water partition coefficient (Wildman–Crippen LogP) is 6.06. The average Bonchev–Trinajstić information content (AvgIpc) is 2.95. The zero-order valence-corrected chi connectivity index (χ0v) is 23.0. The number of benzene rings is 2. The predicted molar refractivity (Wildman–Crippen MR) is 152 cm³/mol. The number of anilines is 2. The van der Waals surface area contributed by atoms with E-state index in [0.717, 1.165) is 12.1 Å². The molecule has 42 heavy (non-hydrogen) atoms. The van der Waals surface area contributed by atoms with Gasteiger partial charge in [0.1, 0.15) is 11.6 Å². The van der Waals surface area contributed by atoms with Crippen LogP contribution in [0.5, 0.6) is 0 Å². The van der Waals surface area contributed by atoms with E-state index in [2.05, 4.69) is 15.6 Å². The van der Waals surface area contributed by atoms with Crippen LogP contribution in [0, 0.1) is 17.6 Å². The van der Waals surface area contributed by atoms with Gasteiger partial charge < -0.3 is 15.3 Å². The van der Waals surface area contributed by atoms with Crippen molar-refractivity contribution in [2.75, 3.05) is 17.2 Å². The van der Waals surface area contributed by atoms with Crippen molar-refractivity contribution in [2.45, 2.75) is 32.2 Å². The fourth-order valence-electron chi connectivity index (χ4n) is 5.23. The van der Waals surface area contributed by atoms with Gasteiger partial charge in [0, 0.05) is 36.5 Å². The number of aromatic nitrogens is 1. The second-order valence-corrected chi connectivity index (χ2v) is 10.5.